The van der Waals surface area contributed by atoms with Crippen molar-refractivity contribution in [2.45, 2.75) is 19.5 Å². The fourth-order valence-electron chi connectivity index (χ4n) is 2.94. The number of benzene rings is 2. The number of rotatable bonds is 7. The molecule has 0 radical (unpaired) electrons. The predicted molar refractivity (Wildman–Crippen MR) is 118 cm³/mol. The molecule has 0 atom stereocenters. The number of alkyl halides is 3. The zero-order valence-corrected chi connectivity index (χ0v) is 18.5. The average Bonchev–Trinajstić information content (AvgIpc) is 3.43. The molecule has 0 saturated heterocycles. The summed E-state index contributed by atoms with van der Waals surface area (Å²) in [5, 5.41) is 11.1. The Kier molecular flexibility index (Phi) is 6.50. The van der Waals surface area contributed by atoms with Gasteiger partial charge in [0.2, 0.25) is 0 Å². The van der Waals surface area contributed by atoms with Crippen molar-refractivity contribution in [3.05, 3.63) is 94.5 Å². The van der Waals surface area contributed by atoms with Gasteiger partial charge in [-0.05, 0) is 42.0 Å². The van der Waals surface area contributed by atoms with Crippen LogP contribution in [0.1, 0.15) is 21.6 Å². The maximum Gasteiger partial charge on any atom is 0.416 e. The third kappa shape index (κ3) is 6.01. The van der Waals surface area contributed by atoms with Gasteiger partial charge < -0.3 is 10.1 Å². The van der Waals surface area contributed by atoms with Crippen LogP contribution in [0.25, 0.3) is 0 Å². The van der Waals surface area contributed by atoms with E-state index in [9.17, 15) is 18.0 Å². The zero-order chi connectivity index (χ0) is 23.4. The summed E-state index contributed by atoms with van der Waals surface area (Å²) < 4.78 is 47.8. The Morgan fingerprint density at radius 2 is 1.88 bits per heavy atom. The minimum Gasteiger partial charge on any atom is -0.471 e. The van der Waals surface area contributed by atoms with Gasteiger partial charge in [0.1, 0.15) is 5.75 Å². The second kappa shape index (κ2) is 9.49. The number of amides is 1. The number of carbonyl (C=O) groups is 1. The maximum atomic E-state index is 12.8. The van der Waals surface area contributed by atoms with Crippen molar-refractivity contribution in [1.82, 2.24) is 19.6 Å². The molecule has 0 spiro atoms. The topological polar surface area (TPSA) is 74.0 Å². The SMILES string of the molecule is O=C(Nc1cnn(Cc2ccc(Br)cc2)c1)c1ccn(COc2cccc(C(F)(F)F)c2)n1. The highest BCUT2D eigenvalue weighted by molar-refractivity contribution is 9.10. The number of ether oxygens (including phenoxy) is 1. The van der Waals surface area contributed by atoms with Crippen LogP contribution >= 0.6 is 15.9 Å². The molecule has 1 N–H and O–H groups in total. The lowest BCUT2D eigenvalue weighted by Gasteiger charge is -2.10. The van der Waals surface area contributed by atoms with Gasteiger partial charge in [-0.3, -0.25) is 9.48 Å². The summed E-state index contributed by atoms with van der Waals surface area (Å²) in [6.45, 7) is 0.393. The lowest BCUT2D eigenvalue weighted by atomic mass is 10.2. The van der Waals surface area contributed by atoms with E-state index in [1.165, 1.54) is 35.3 Å². The molecule has 11 heteroatoms. The second-order valence-corrected chi connectivity index (χ2v) is 7.96. The van der Waals surface area contributed by atoms with Crippen molar-refractivity contribution >= 4 is 27.5 Å². The van der Waals surface area contributed by atoms with Gasteiger partial charge in [0, 0.05) is 16.9 Å². The molecule has 170 valence electrons. The second-order valence-electron chi connectivity index (χ2n) is 7.05. The van der Waals surface area contributed by atoms with Crippen LogP contribution in [0.5, 0.6) is 5.75 Å². The molecule has 4 rings (SSSR count). The summed E-state index contributed by atoms with van der Waals surface area (Å²) in [6, 6.07) is 13.8. The first-order valence-corrected chi connectivity index (χ1v) is 10.5. The number of anilines is 1. The van der Waals surface area contributed by atoms with Crippen LogP contribution in [-0.4, -0.2) is 25.5 Å². The van der Waals surface area contributed by atoms with Crippen molar-refractivity contribution < 1.29 is 22.7 Å². The summed E-state index contributed by atoms with van der Waals surface area (Å²) in [6.07, 6.45) is 0.278. The Bertz CT molecular complexity index is 1250. The van der Waals surface area contributed by atoms with Crippen LogP contribution in [0.15, 0.2) is 77.7 Å². The molecule has 0 aliphatic carbocycles. The number of carbonyl (C=O) groups excluding carboxylic acids is 1. The predicted octanol–water partition coefficient (Wildman–Crippen LogP) is 5.20. The van der Waals surface area contributed by atoms with Gasteiger partial charge in [0.05, 0.1) is 24.0 Å². The van der Waals surface area contributed by atoms with Gasteiger partial charge >= 0.3 is 6.18 Å². The first-order chi connectivity index (χ1) is 15.8. The fourth-order valence-corrected chi connectivity index (χ4v) is 3.21. The molecular formula is C22H17BrF3N5O2. The first-order valence-electron chi connectivity index (χ1n) is 9.68. The largest absolute Gasteiger partial charge is 0.471 e. The van der Waals surface area contributed by atoms with Crippen LogP contribution in [0.4, 0.5) is 18.9 Å². The van der Waals surface area contributed by atoms with E-state index in [-0.39, 0.29) is 18.2 Å². The van der Waals surface area contributed by atoms with Crippen LogP contribution in [0.3, 0.4) is 0 Å². The normalized spacial score (nSPS) is 11.4. The number of nitrogens with one attached hydrogen (secondary N) is 1. The molecule has 33 heavy (non-hydrogen) atoms. The maximum absolute atomic E-state index is 12.8. The molecule has 0 saturated carbocycles. The summed E-state index contributed by atoms with van der Waals surface area (Å²) >= 11 is 3.39. The van der Waals surface area contributed by atoms with Crippen molar-refractivity contribution in [1.29, 1.82) is 0 Å². The van der Waals surface area contributed by atoms with E-state index in [1.54, 1.807) is 10.9 Å². The minimum atomic E-state index is -4.46. The van der Waals surface area contributed by atoms with Gasteiger partial charge in [0.15, 0.2) is 12.4 Å². The van der Waals surface area contributed by atoms with E-state index in [1.807, 2.05) is 24.3 Å². The van der Waals surface area contributed by atoms with E-state index >= 15 is 0 Å². The number of nitrogens with zero attached hydrogens (tertiary/aromatic N) is 4. The van der Waals surface area contributed by atoms with E-state index in [0.29, 0.717) is 12.2 Å². The lowest BCUT2D eigenvalue weighted by molar-refractivity contribution is -0.137. The summed E-state index contributed by atoms with van der Waals surface area (Å²) in [5.41, 5.74) is 0.884. The standard InChI is InChI=1S/C22H17BrF3N5O2/c23-17-6-4-15(5-7-17)12-31-13-18(11-27-31)28-21(32)20-8-9-30(29-20)14-33-19-3-1-2-16(10-19)22(24,25)26/h1-11,13H,12,14H2,(H,28,32). The van der Waals surface area contributed by atoms with Crippen LogP contribution in [0.2, 0.25) is 0 Å². The summed E-state index contributed by atoms with van der Waals surface area (Å²) in [7, 11) is 0. The van der Waals surface area contributed by atoms with Crippen LogP contribution < -0.4 is 10.1 Å². The third-order valence-electron chi connectivity index (χ3n) is 4.55. The molecule has 7 nitrogen and oxygen atoms in total. The highest BCUT2D eigenvalue weighted by Gasteiger charge is 2.30. The van der Waals surface area contributed by atoms with E-state index in [2.05, 4.69) is 31.4 Å². The Hall–Kier alpha value is -3.60. The van der Waals surface area contributed by atoms with Crippen molar-refractivity contribution in [2.75, 3.05) is 5.32 Å². The van der Waals surface area contributed by atoms with Crippen LogP contribution in [0, 0.1) is 0 Å². The van der Waals surface area contributed by atoms with Gasteiger partial charge in [0.25, 0.3) is 5.91 Å². The number of halogens is 4. The van der Waals surface area contributed by atoms with Gasteiger partial charge in [-0.1, -0.05) is 34.1 Å². The van der Waals surface area contributed by atoms with E-state index in [0.717, 1.165) is 22.2 Å². The molecule has 4 aromatic rings. The quantitative estimate of drug-likeness (QED) is 0.364. The Morgan fingerprint density at radius 3 is 2.64 bits per heavy atom. The van der Waals surface area contributed by atoms with Crippen LogP contribution in [-0.2, 0) is 19.5 Å². The summed E-state index contributed by atoms with van der Waals surface area (Å²) in [5.74, 6) is -0.402. The zero-order valence-electron chi connectivity index (χ0n) is 17.0. The highest BCUT2D eigenvalue weighted by atomic mass is 79.9. The molecule has 0 aliphatic heterocycles. The smallest absolute Gasteiger partial charge is 0.416 e. The number of hydrogen-bond acceptors (Lipinski definition) is 4. The minimum absolute atomic E-state index is 0.0458. The Morgan fingerprint density at radius 1 is 1.09 bits per heavy atom. The Balaban J connectivity index is 1.33. The number of hydrogen-bond donors (Lipinski definition) is 1. The van der Waals surface area contributed by atoms with E-state index in [4.69, 9.17) is 4.74 Å². The van der Waals surface area contributed by atoms with Crippen molar-refractivity contribution in [3.8, 4) is 5.75 Å². The molecular weight excluding hydrogens is 503 g/mol. The average molecular weight is 520 g/mol. The highest BCUT2D eigenvalue weighted by Crippen LogP contribution is 2.31. The molecule has 0 fully saturated rings. The van der Waals surface area contributed by atoms with Gasteiger partial charge in [-0.25, -0.2) is 4.68 Å². The first kappa shape index (κ1) is 22.6. The molecule has 2 aromatic heterocycles. The molecule has 0 aliphatic rings. The lowest BCUT2D eigenvalue weighted by Crippen LogP contribution is -2.14. The third-order valence-corrected chi connectivity index (χ3v) is 5.08. The molecule has 1 amide bonds. The summed E-state index contributed by atoms with van der Waals surface area (Å²) in [4.78, 5) is 12.5. The molecule has 2 heterocycles. The Labute approximate surface area is 194 Å². The fraction of sp³-hybridized carbons (Fsp3) is 0.136. The molecule has 0 bridgehead atoms. The van der Waals surface area contributed by atoms with Gasteiger partial charge in [-0.15, -0.1) is 0 Å². The molecule has 0 unspecified atom stereocenters. The van der Waals surface area contributed by atoms with Gasteiger partial charge in [-0.2, -0.15) is 23.4 Å². The van der Waals surface area contributed by atoms with Crippen molar-refractivity contribution in [3.63, 3.8) is 0 Å². The van der Waals surface area contributed by atoms with Crippen molar-refractivity contribution in [2.24, 2.45) is 0 Å². The molecule has 2 aromatic carbocycles. The van der Waals surface area contributed by atoms with E-state index < -0.39 is 17.6 Å². The number of aromatic nitrogens is 4. The monoisotopic (exact) mass is 519 g/mol.